The molecule has 0 N–H and O–H groups in total. The van der Waals surface area contributed by atoms with Crippen LogP contribution in [0.1, 0.15) is 310 Å². The SMILES string of the molecule is CC/C=C\C/C=C\C/C=C\C/C=C\CCCCCCCCCCCCCCC(=O)OCC(COC(=O)CCCCCCC/C=C\C/C=C\CCCCCC)OC(=O)CCCCCCCCCC/C=C\C/C=C\C/C=C\C/C=C\CC. The Labute approximate surface area is 494 Å². The predicted molar refractivity (Wildman–Crippen MR) is 348 cm³/mol. The minimum absolute atomic E-state index is 0.0881. The van der Waals surface area contributed by atoms with Gasteiger partial charge < -0.3 is 14.2 Å². The number of ether oxygens (including phenoxy) is 3. The van der Waals surface area contributed by atoms with Gasteiger partial charge in [-0.25, -0.2) is 0 Å². The van der Waals surface area contributed by atoms with Gasteiger partial charge in [0.15, 0.2) is 6.10 Å². The number of hydrogen-bond donors (Lipinski definition) is 0. The highest BCUT2D eigenvalue weighted by atomic mass is 16.6. The number of rotatable bonds is 60. The molecule has 0 fully saturated rings. The second-order valence-electron chi connectivity index (χ2n) is 22.0. The van der Waals surface area contributed by atoms with Crippen molar-refractivity contribution < 1.29 is 28.6 Å². The topological polar surface area (TPSA) is 78.9 Å². The normalized spacial score (nSPS) is 12.9. The number of carbonyl (C=O) groups excluding carboxylic acids is 3. The van der Waals surface area contributed by atoms with Crippen molar-refractivity contribution in [3.63, 3.8) is 0 Å². The van der Waals surface area contributed by atoms with E-state index < -0.39 is 6.10 Å². The van der Waals surface area contributed by atoms with E-state index >= 15 is 0 Å². The molecule has 0 aliphatic carbocycles. The van der Waals surface area contributed by atoms with E-state index in [1.807, 2.05) is 0 Å². The van der Waals surface area contributed by atoms with Gasteiger partial charge in [-0.15, -0.1) is 0 Å². The van der Waals surface area contributed by atoms with E-state index in [-0.39, 0.29) is 31.1 Å². The molecule has 6 nitrogen and oxygen atoms in total. The minimum Gasteiger partial charge on any atom is -0.462 e. The van der Waals surface area contributed by atoms with Crippen LogP contribution in [0.2, 0.25) is 0 Å². The first kappa shape index (κ1) is 75.8. The molecule has 0 aromatic rings. The van der Waals surface area contributed by atoms with Crippen LogP contribution in [-0.2, 0) is 28.6 Å². The van der Waals surface area contributed by atoms with Crippen LogP contribution < -0.4 is 0 Å². The fourth-order valence-corrected chi connectivity index (χ4v) is 9.22. The summed E-state index contributed by atoms with van der Waals surface area (Å²) in [5, 5.41) is 0. The molecule has 456 valence electrons. The summed E-state index contributed by atoms with van der Waals surface area (Å²) in [6.45, 7) is 6.40. The van der Waals surface area contributed by atoms with Crippen molar-refractivity contribution in [3.05, 3.63) is 122 Å². The second-order valence-corrected chi connectivity index (χ2v) is 22.0. The van der Waals surface area contributed by atoms with Crippen LogP contribution in [0.15, 0.2) is 122 Å². The van der Waals surface area contributed by atoms with Crippen LogP contribution >= 0.6 is 0 Å². The maximum atomic E-state index is 12.9. The molecule has 0 radical (unpaired) electrons. The maximum Gasteiger partial charge on any atom is 0.306 e. The highest BCUT2D eigenvalue weighted by Gasteiger charge is 2.19. The average Bonchev–Trinajstić information content (AvgIpc) is 3.46. The Bertz CT molecular complexity index is 1650. The molecule has 0 spiro atoms. The molecule has 0 heterocycles. The Morgan fingerprint density at radius 3 is 0.762 bits per heavy atom. The van der Waals surface area contributed by atoms with Crippen molar-refractivity contribution in [2.45, 2.75) is 316 Å². The van der Waals surface area contributed by atoms with Gasteiger partial charge in [0.1, 0.15) is 13.2 Å². The molecule has 1 atom stereocenters. The number of hydrogen-bond acceptors (Lipinski definition) is 6. The third-order valence-electron chi connectivity index (χ3n) is 14.2. The zero-order valence-electron chi connectivity index (χ0n) is 52.3. The monoisotopic (exact) mass is 1110 g/mol. The zero-order valence-corrected chi connectivity index (χ0v) is 52.3. The molecular weight excluding hydrogens is 985 g/mol. The van der Waals surface area contributed by atoms with Crippen LogP contribution in [0.4, 0.5) is 0 Å². The summed E-state index contributed by atoms with van der Waals surface area (Å²) in [5.74, 6) is -0.903. The summed E-state index contributed by atoms with van der Waals surface area (Å²) >= 11 is 0. The van der Waals surface area contributed by atoms with Gasteiger partial charge in [0, 0.05) is 19.3 Å². The fraction of sp³-hybridized carbons (Fsp3) is 0.689. The molecule has 0 rings (SSSR count). The molecule has 0 aromatic heterocycles. The summed E-state index contributed by atoms with van der Waals surface area (Å²) in [7, 11) is 0. The standard InChI is InChI=1S/C74H124O6/c1-4-7-10-13-16-19-22-25-28-31-33-35-36-37-38-40-41-43-46-49-52-55-58-61-64-67-73(76)79-70-71(69-78-72(75)66-63-60-57-54-51-48-45-30-27-24-21-18-15-12-9-6-3)80-74(77)68-65-62-59-56-53-50-47-44-42-39-34-32-29-26-23-20-17-14-11-8-5-2/h7-8,10-11,16-17,19-21,24-26,28-30,33-35,39,45,71H,4-6,9,12-15,18,22-23,27,31-32,36-38,40-44,46-70H2,1-3H3/b10-7-,11-8-,19-16-,20-17-,24-21-,28-25-,29-26-,35-33-,39-34-,45-30-. The Kier molecular flexibility index (Phi) is 63.8. The molecule has 0 bridgehead atoms. The first-order chi connectivity index (χ1) is 39.5. The Morgan fingerprint density at radius 1 is 0.263 bits per heavy atom. The van der Waals surface area contributed by atoms with E-state index in [2.05, 4.69) is 142 Å². The highest BCUT2D eigenvalue weighted by Crippen LogP contribution is 2.16. The molecule has 1 unspecified atom stereocenters. The number of allylic oxidation sites excluding steroid dienone is 20. The summed E-state index contributed by atoms with van der Waals surface area (Å²) in [6.07, 6.45) is 93.4. The Balaban J connectivity index is 4.39. The third kappa shape index (κ3) is 64.6. The van der Waals surface area contributed by atoms with Gasteiger partial charge in [-0.2, -0.15) is 0 Å². The van der Waals surface area contributed by atoms with Gasteiger partial charge in [0.25, 0.3) is 0 Å². The van der Waals surface area contributed by atoms with E-state index in [1.165, 1.54) is 128 Å². The first-order valence-electron chi connectivity index (χ1n) is 33.5. The lowest BCUT2D eigenvalue weighted by atomic mass is 10.0. The van der Waals surface area contributed by atoms with Crippen LogP contribution in [-0.4, -0.2) is 37.2 Å². The quantitative estimate of drug-likeness (QED) is 0.0261. The van der Waals surface area contributed by atoms with Crippen molar-refractivity contribution in [2.24, 2.45) is 0 Å². The van der Waals surface area contributed by atoms with Gasteiger partial charge in [0.2, 0.25) is 0 Å². The molecule has 0 aliphatic heterocycles. The van der Waals surface area contributed by atoms with Gasteiger partial charge in [0.05, 0.1) is 0 Å². The van der Waals surface area contributed by atoms with Crippen molar-refractivity contribution in [1.82, 2.24) is 0 Å². The van der Waals surface area contributed by atoms with Crippen molar-refractivity contribution in [2.75, 3.05) is 13.2 Å². The Morgan fingerprint density at radius 2 is 0.487 bits per heavy atom. The van der Waals surface area contributed by atoms with Crippen molar-refractivity contribution in [3.8, 4) is 0 Å². The smallest absolute Gasteiger partial charge is 0.306 e. The summed E-state index contributed by atoms with van der Waals surface area (Å²) < 4.78 is 17.0. The molecule has 6 heteroatoms. The van der Waals surface area contributed by atoms with E-state index in [9.17, 15) is 14.4 Å². The molecule has 0 aliphatic rings. The van der Waals surface area contributed by atoms with E-state index in [4.69, 9.17) is 14.2 Å². The van der Waals surface area contributed by atoms with E-state index in [1.54, 1.807) is 0 Å². The molecule has 0 saturated carbocycles. The maximum absolute atomic E-state index is 12.9. The van der Waals surface area contributed by atoms with Crippen LogP contribution in [0, 0.1) is 0 Å². The second kappa shape index (κ2) is 67.3. The number of carbonyl (C=O) groups is 3. The molecule has 0 saturated heterocycles. The van der Waals surface area contributed by atoms with E-state index in [0.717, 1.165) is 141 Å². The zero-order chi connectivity index (χ0) is 57.8. The number of unbranched alkanes of at least 4 members (excludes halogenated alkanes) is 29. The summed E-state index contributed by atoms with van der Waals surface area (Å²) in [6, 6.07) is 0. The summed E-state index contributed by atoms with van der Waals surface area (Å²) in [4.78, 5) is 38.4. The summed E-state index contributed by atoms with van der Waals surface area (Å²) in [5.41, 5.74) is 0. The lowest BCUT2D eigenvalue weighted by Gasteiger charge is -2.18. The largest absolute Gasteiger partial charge is 0.462 e. The van der Waals surface area contributed by atoms with Gasteiger partial charge >= 0.3 is 17.9 Å². The number of esters is 3. The fourth-order valence-electron chi connectivity index (χ4n) is 9.22. The van der Waals surface area contributed by atoms with E-state index in [0.29, 0.717) is 19.3 Å². The van der Waals surface area contributed by atoms with Crippen LogP contribution in [0.3, 0.4) is 0 Å². The average molecular weight is 1110 g/mol. The van der Waals surface area contributed by atoms with Crippen LogP contribution in [0.25, 0.3) is 0 Å². The lowest BCUT2D eigenvalue weighted by Crippen LogP contribution is -2.30. The predicted octanol–water partition coefficient (Wildman–Crippen LogP) is 23.2. The van der Waals surface area contributed by atoms with Crippen molar-refractivity contribution >= 4 is 17.9 Å². The van der Waals surface area contributed by atoms with Gasteiger partial charge in [-0.3, -0.25) is 14.4 Å². The molecule has 0 aromatic carbocycles. The minimum atomic E-state index is -0.794. The third-order valence-corrected chi connectivity index (χ3v) is 14.2. The Hall–Kier alpha value is -4.19. The van der Waals surface area contributed by atoms with Crippen molar-refractivity contribution in [1.29, 1.82) is 0 Å². The van der Waals surface area contributed by atoms with Crippen LogP contribution in [0.5, 0.6) is 0 Å². The first-order valence-corrected chi connectivity index (χ1v) is 33.5. The molecular formula is C74H124O6. The van der Waals surface area contributed by atoms with Gasteiger partial charge in [-0.05, 0) is 128 Å². The van der Waals surface area contributed by atoms with Gasteiger partial charge in [-0.1, -0.05) is 284 Å². The lowest BCUT2D eigenvalue weighted by molar-refractivity contribution is -0.167. The highest BCUT2D eigenvalue weighted by molar-refractivity contribution is 5.71. The molecule has 0 amide bonds. The molecule has 80 heavy (non-hydrogen) atoms.